The van der Waals surface area contributed by atoms with Crippen LogP contribution in [0.1, 0.15) is 40.7 Å². The number of Topliss-reactive ketones (excluding diaryl/α,β-unsaturated/α-hetero) is 1. The van der Waals surface area contributed by atoms with E-state index in [-0.39, 0.29) is 24.4 Å². The molecule has 316 valence electrons. The van der Waals surface area contributed by atoms with Crippen molar-refractivity contribution in [1.82, 2.24) is 19.9 Å². The molecule has 0 aliphatic rings. The van der Waals surface area contributed by atoms with Gasteiger partial charge in [-0.3, -0.25) is 4.79 Å². The fraction of sp³-hybridized carbons (Fsp3) is 0.239. The smallest absolute Gasteiger partial charge is 0.230 e. The number of nitrogen functional groups attached to an aromatic ring is 1. The number of ketones is 1. The Kier molecular flexibility index (Phi) is 15.8. The van der Waals surface area contributed by atoms with Gasteiger partial charge in [-0.2, -0.15) is 0 Å². The molecule has 2 heterocycles. The van der Waals surface area contributed by atoms with Crippen LogP contribution in [0.4, 0.5) is 10.1 Å². The summed E-state index contributed by atoms with van der Waals surface area (Å²) in [6, 6.07) is 22.5. The number of hydrogen-bond acceptors (Lipinski definition) is 10. The van der Waals surface area contributed by atoms with Gasteiger partial charge in [0.25, 0.3) is 0 Å². The van der Waals surface area contributed by atoms with Gasteiger partial charge in [-0.1, -0.05) is 47.0 Å². The maximum atomic E-state index is 14.0. The largest absolute Gasteiger partial charge is 0.493 e. The maximum Gasteiger partial charge on any atom is 0.230 e. The number of carbonyl (C=O) groups is 1. The molecule has 2 aromatic heterocycles. The zero-order valence-electron chi connectivity index (χ0n) is 33.6. The van der Waals surface area contributed by atoms with Gasteiger partial charge in [0.2, 0.25) is 11.8 Å². The van der Waals surface area contributed by atoms with Crippen LogP contribution in [0.2, 0.25) is 10.0 Å². The highest BCUT2D eigenvalue weighted by atomic mass is 35.5. The van der Waals surface area contributed by atoms with Crippen molar-refractivity contribution < 1.29 is 28.1 Å². The first-order valence-corrected chi connectivity index (χ1v) is 21.1. The number of ether oxygens (including phenoxy) is 4. The van der Waals surface area contributed by atoms with E-state index in [4.69, 9.17) is 71.1 Å². The molecule has 0 unspecified atom stereocenters. The zero-order chi connectivity index (χ0) is 43.5. The van der Waals surface area contributed by atoms with Crippen LogP contribution in [0, 0.1) is 26.6 Å². The van der Waals surface area contributed by atoms with Crippen LogP contribution in [0.15, 0.2) is 91.5 Å². The second-order valence-corrected chi connectivity index (χ2v) is 15.6. The van der Waals surface area contributed by atoms with E-state index in [9.17, 15) is 9.18 Å². The van der Waals surface area contributed by atoms with Crippen LogP contribution in [0.3, 0.4) is 0 Å². The second-order valence-electron chi connectivity index (χ2n) is 14.0. The molecule has 0 saturated carbocycles. The van der Waals surface area contributed by atoms with Gasteiger partial charge in [-0.15, -0.1) is 23.2 Å². The Morgan fingerprint density at radius 2 is 1.16 bits per heavy atom. The van der Waals surface area contributed by atoms with E-state index in [2.05, 4.69) is 19.9 Å². The summed E-state index contributed by atoms with van der Waals surface area (Å²) < 4.78 is 37.5. The lowest BCUT2D eigenvalue weighted by Gasteiger charge is -2.12. The highest BCUT2D eigenvalue weighted by Gasteiger charge is 2.15. The van der Waals surface area contributed by atoms with Crippen molar-refractivity contribution in [2.45, 2.75) is 46.5 Å². The topological polar surface area (TPSA) is 132 Å². The van der Waals surface area contributed by atoms with Gasteiger partial charge in [-0.05, 0) is 98.3 Å². The van der Waals surface area contributed by atoms with Gasteiger partial charge < -0.3 is 24.7 Å². The van der Waals surface area contributed by atoms with Crippen LogP contribution in [0.25, 0.3) is 21.8 Å². The lowest BCUT2D eigenvalue weighted by Crippen LogP contribution is -2.08. The number of anilines is 1. The average molecular weight is 906 g/mol. The summed E-state index contributed by atoms with van der Waals surface area (Å²) in [5.74, 6) is 3.95. The van der Waals surface area contributed by atoms with Crippen molar-refractivity contribution >= 4 is 79.7 Å². The Balaban J connectivity index is 0.000000218. The van der Waals surface area contributed by atoms with E-state index in [1.54, 1.807) is 48.5 Å². The molecule has 15 heteroatoms. The maximum absolute atomic E-state index is 14.0. The summed E-state index contributed by atoms with van der Waals surface area (Å²) in [6.07, 6.45) is 4.51. The van der Waals surface area contributed by atoms with Crippen molar-refractivity contribution in [3.8, 4) is 34.8 Å². The molecule has 5 aromatic carbocycles. The lowest BCUT2D eigenvalue weighted by molar-refractivity contribution is -0.117. The minimum atomic E-state index is -0.384. The van der Waals surface area contributed by atoms with E-state index in [1.165, 1.54) is 18.7 Å². The van der Waals surface area contributed by atoms with Gasteiger partial charge in [-0.25, -0.2) is 24.3 Å². The van der Waals surface area contributed by atoms with E-state index in [0.29, 0.717) is 80.6 Å². The Labute approximate surface area is 373 Å². The van der Waals surface area contributed by atoms with Crippen molar-refractivity contribution in [1.29, 1.82) is 0 Å². The molecular weight excluding hydrogens is 863 g/mol. The van der Waals surface area contributed by atoms with Crippen molar-refractivity contribution in [2.75, 3.05) is 30.7 Å². The molecule has 7 aromatic rings. The SMILES string of the molecule is Cc1cc2c(Oc3ccc(N)c(Cl)c3)ncnc2cc1OCCCCl.Cc1ccc(F)c(CC(=O)Cc2ccc(Oc3ncnc4cc(OCCCCl)c(C)cc34)cc2Cl)c1. The Morgan fingerprint density at radius 3 is 1.69 bits per heavy atom. The molecule has 0 fully saturated rings. The number of halogens is 5. The summed E-state index contributed by atoms with van der Waals surface area (Å²) in [5, 5.41) is 2.34. The van der Waals surface area contributed by atoms with E-state index in [0.717, 1.165) is 57.3 Å². The number of fused-ring (bicyclic) bond motifs is 2. The molecule has 0 aliphatic carbocycles. The van der Waals surface area contributed by atoms with E-state index in [1.807, 2.05) is 45.0 Å². The summed E-state index contributed by atoms with van der Waals surface area (Å²) in [4.78, 5) is 29.7. The van der Waals surface area contributed by atoms with Crippen LogP contribution in [0.5, 0.6) is 34.8 Å². The third-order valence-electron chi connectivity index (χ3n) is 9.26. The molecule has 0 bridgehead atoms. The fourth-order valence-electron chi connectivity index (χ4n) is 6.14. The quantitative estimate of drug-likeness (QED) is 0.0568. The molecule has 2 N–H and O–H groups in total. The van der Waals surface area contributed by atoms with Gasteiger partial charge in [0, 0.05) is 47.8 Å². The number of aryl methyl sites for hydroxylation is 3. The molecule has 0 saturated heterocycles. The number of nitrogens with two attached hydrogens (primary N) is 1. The van der Waals surface area contributed by atoms with E-state index >= 15 is 0 Å². The number of carbonyl (C=O) groups excluding carboxylic acids is 1. The average Bonchev–Trinajstić information content (AvgIpc) is 3.23. The number of aromatic nitrogens is 4. The molecule has 0 atom stereocenters. The molecule has 10 nitrogen and oxygen atoms in total. The summed E-state index contributed by atoms with van der Waals surface area (Å²) in [5.41, 5.74) is 11.5. The van der Waals surface area contributed by atoms with Crippen molar-refractivity contribution in [3.05, 3.63) is 135 Å². The minimum absolute atomic E-state index is 0.00590. The lowest BCUT2D eigenvalue weighted by atomic mass is 10.0. The molecule has 61 heavy (non-hydrogen) atoms. The first kappa shape index (κ1) is 45.1. The molecule has 0 amide bonds. The number of benzene rings is 5. The number of nitrogens with zero attached hydrogens (tertiary/aromatic N) is 4. The zero-order valence-corrected chi connectivity index (χ0v) is 36.6. The number of hydrogen-bond donors (Lipinski definition) is 1. The van der Waals surface area contributed by atoms with Crippen LogP contribution in [-0.4, -0.2) is 50.7 Å². The van der Waals surface area contributed by atoms with Gasteiger partial charge >= 0.3 is 0 Å². The summed E-state index contributed by atoms with van der Waals surface area (Å²) >= 11 is 23.9. The third kappa shape index (κ3) is 12.1. The molecule has 0 aliphatic heterocycles. The van der Waals surface area contributed by atoms with Crippen molar-refractivity contribution in [2.24, 2.45) is 0 Å². The second kappa shape index (κ2) is 21.4. The predicted octanol–water partition coefficient (Wildman–Crippen LogP) is 12.2. The van der Waals surface area contributed by atoms with Crippen LogP contribution in [-0.2, 0) is 17.6 Å². The highest BCUT2D eigenvalue weighted by molar-refractivity contribution is 6.33. The number of rotatable bonds is 16. The standard InChI is InChI=1S/C28H25Cl2FN2O3.C18H17Cl2N3O2/c1-17-4-7-25(31)20(10-17)13-21(34)12-19-5-6-22(14-24(19)30)36-28-23-11-18(2)27(35-9-3-8-29)15-26(23)32-16-33-28;1-11-7-13-16(9-17(11)24-6-2-5-19)22-10-23-18(13)25-12-3-4-15(21)14(20)8-12/h4-7,10-11,14-16H,3,8-9,12-13H2,1-2H3;3-4,7-10H,2,5-6,21H2,1H3. The normalized spacial score (nSPS) is 11.0. The Hall–Kier alpha value is -5.46. The third-order valence-corrected chi connectivity index (χ3v) is 10.5. The molecular formula is C46H42Cl4FN5O5. The summed E-state index contributed by atoms with van der Waals surface area (Å²) in [6.45, 7) is 6.86. The van der Waals surface area contributed by atoms with Crippen molar-refractivity contribution in [3.63, 3.8) is 0 Å². The highest BCUT2D eigenvalue weighted by Crippen LogP contribution is 2.35. The Morgan fingerprint density at radius 1 is 0.639 bits per heavy atom. The monoisotopic (exact) mass is 903 g/mol. The molecule has 0 spiro atoms. The van der Waals surface area contributed by atoms with E-state index < -0.39 is 0 Å². The predicted molar refractivity (Wildman–Crippen MR) is 241 cm³/mol. The molecule has 7 rings (SSSR count). The van der Waals surface area contributed by atoms with Crippen LogP contribution < -0.4 is 24.7 Å². The number of alkyl halides is 2. The van der Waals surface area contributed by atoms with Gasteiger partial charge in [0.1, 0.15) is 47.3 Å². The van der Waals surface area contributed by atoms with Crippen LogP contribution >= 0.6 is 46.4 Å². The Bertz CT molecular complexity index is 2670. The van der Waals surface area contributed by atoms with Gasteiger partial charge in [0.15, 0.2) is 0 Å². The first-order valence-electron chi connectivity index (χ1n) is 19.3. The first-order chi connectivity index (χ1) is 29.4. The fourth-order valence-corrected chi connectivity index (χ4v) is 6.77. The minimum Gasteiger partial charge on any atom is -0.493 e. The molecule has 0 radical (unpaired) electrons. The summed E-state index contributed by atoms with van der Waals surface area (Å²) in [7, 11) is 0. The van der Waals surface area contributed by atoms with Gasteiger partial charge in [0.05, 0.1) is 45.7 Å².